The number of nitrogens with one attached hydrogen (secondary N) is 4. The van der Waals surface area contributed by atoms with Crippen LogP contribution in [0.25, 0.3) is 33.0 Å². The minimum Gasteiger partial charge on any atom is -0.550 e. The maximum absolute atomic E-state index is 9.50. The highest BCUT2D eigenvalue weighted by molar-refractivity contribution is 5.98. The van der Waals surface area contributed by atoms with E-state index in [9.17, 15) is 19.8 Å². The van der Waals surface area contributed by atoms with E-state index in [0.717, 1.165) is 61.6 Å². The summed E-state index contributed by atoms with van der Waals surface area (Å²) < 4.78 is 10.9. The summed E-state index contributed by atoms with van der Waals surface area (Å²) in [6, 6.07) is 12.2. The molecule has 2 aromatic carbocycles. The predicted molar refractivity (Wildman–Crippen MR) is 160 cm³/mol. The summed E-state index contributed by atoms with van der Waals surface area (Å²) in [4.78, 5) is 25.6. The van der Waals surface area contributed by atoms with Gasteiger partial charge < -0.3 is 49.9 Å². The lowest BCUT2D eigenvalue weighted by Crippen LogP contribution is -2.27. The van der Waals surface area contributed by atoms with Crippen LogP contribution in [0.2, 0.25) is 0 Å². The van der Waals surface area contributed by atoms with Gasteiger partial charge in [-0.3, -0.25) is 0 Å². The first-order chi connectivity index (χ1) is 20.4. The van der Waals surface area contributed by atoms with Crippen molar-refractivity contribution in [2.75, 3.05) is 40.4 Å². The molecule has 0 unspecified atom stereocenters. The maximum Gasteiger partial charge on any atom is 0.128 e. The first-order valence-electron chi connectivity index (χ1n) is 13.9. The Morgan fingerprint density at radius 1 is 0.714 bits per heavy atom. The van der Waals surface area contributed by atoms with Crippen molar-refractivity contribution in [3.63, 3.8) is 0 Å². The normalized spacial score (nSPS) is 14.5. The molecule has 10 nitrogen and oxygen atoms in total. The molecule has 222 valence electrons. The van der Waals surface area contributed by atoms with Gasteiger partial charge in [-0.15, -0.1) is 0 Å². The third kappa shape index (κ3) is 7.59. The number of rotatable bonds is 7. The van der Waals surface area contributed by atoms with E-state index in [1.165, 1.54) is 33.0 Å². The average molecular weight is 573 g/mol. The molecule has 4 aromatic rings. The molecule has 2 aromatic heterocycles. The summed E-state index contributed by atoms with van der Waals surface area (Å²) in [5.74, 6) is -0.847. The summed E-state index contributed by atoms with van der Waals surface area (Å²) in [5.41, 5.74) is 7.63. The van der Waals surface area contributed by atoms with Crippen LogP contribution in [-0.4, -0.2) is 62.3 Å². The fraction of sp³-hybridized carbons (Fsp3) is 0.312. The van der Waals surface area contributed by atoms with Crippen LogP contribution in [0, 0.1) is 0 Å². The number of fused-ring (bicyclic) bond motifs is 2. The van der Waals surface area contributed by atoms with Gasteiger partial charge in [-0.2, -0.15) is 0 Å². The lowest BCUT2D eigenvalue weighted by Gasteiger charge is -2.14. The van der Waals surface area contributed by atoms with Gasteiger partial charge in [0.05, 0.1) is 14.2 Å². The zero-order valence-electron chi connectivity index (χ0n) is 23.9. The summed E-state index contributed by atoms with van der Waals surface area (Å²) >= 11 is 0. The number of hydrogen-bond donors (Lipinski definition) is 4. The van der Waals surface area contributed by atoms with Gasteiger partial charge in [0.2, 0.25) is 0 Å². The Morgan fingerprint density at radius 2 is 1.14 bits per heavy atom. The fourth-order valence-corrected chi connectivity index (χ4v) is 5.09. The highest BCUT2D eigenvalue weighted by Crippen LogP contribution is 2.35. The van der Waals surface area contributed by atoms with Crippen molar-refractivity contribution in [2.24, 2.45) is 0 Å². The van der Waals surface area contributed by atoms with Gasteiger partial charge in [0.15, 0.2) is 0 Å². The Morgan fingerprint density at radius 3 is 1.48 bits per heavy atom. The minimum absolute atomic E-state index is 0.470. The van der Waals surface area contributed by atoms with Gasteiger partial charge in [0.1, 0.15) is 11.5 Å². The van der Waals surface area contributed by atoms with Gasteiger partial charge in [0.25, 0.3) is 0 Å². The molecule has 2 aliphatic rings. The van der Waals surface area contributed by atoms with Crippen molar-refractivity contribution in [3.05, 3.63) is 72.1 Å². The molecule has 4 heterocycles. The molecule has 0 bridgehead atoms. The van der Waals surface area contributed by atoms with Crippen LogP contribution in [0.5, 0.6) is 11.5 Å². The maximum atomic E-state index is 9.50. The average Bonchev–Trinajstić information content (AvgIpc) is 3.66. The van der Waals surface area contributed by atoms with E-state index in [1.54, 1.807) is 14.2 Å². The summed E-state index contributed by atoms with van der Waals surface area (Å²) in [6.45, 7) is 4.01. The van der Waals surface area contributed by atoms with Gasteiger partial charge >= 0.3 is 0 Å². The zero-order chi connectivity index (χ0) is 29.9. The first kappa shape index (κ1) is 30.4. The number of carboxylic acid groups (broad SMARTS) is 2. The van der Waals surface area contributed by atoms with Gasteiger partial charge in [-0.25, -0.2) is 0 Å². The second-order valence-electron chi connectivity index (χ2n) is 9.78. The van der Waals surface area contributed by atoms with Crippen LogP contribution >= 0.6 is 0 Å². The molecule has 0 radical (unpaired) electrons. The molecule has 42 heavy (non-hydrogen) atoms. The topological polar surface area (TPSA) is 154 Å². The summed E-state index contributed by atoms with van der Waals surface area (Å²) in [5, 5.41) is 28.1. The quantitative estimate of drug-likeness (QED) is 0.263. The predicted octanol–water partition coefficient (Wildman–Crippen LogP) is 2.37. The molecule has 6 rings (SSSR count). The fourth-order valence-electron chi connectivity index (χ4n) is 5.09. The number of hydrogen-bond acceptors (Lipinski definition) is 8. The van der Waals surface area contributed by atoms with E-state index in [2.05, 4.69) is 57.3 Å². The Hall–Kier alpha value is -4.54. The largest absolute Gasteiger partial charge is 0.550 e. The molecule has 4 N–H and O–H groups in total. The lowest BCUT2D eigenvalue weighted by molar-refractivity contribution is -0.315. The van der Waals surface area contributed by atoms with E-state index in [0.29, 0.717) is 0 Å². The van der Waals surface area contributed by atoms with E-state index in [4.69, 9.17) is 9.47 Å². The van der Waals surface area contributed by atoms with Crippen LogP contribution in [0.15, 0.2) is 60.9 Å². The van der Waals surface area contributed by atoms with Crippen molar-refractivity contribution >= 4 is 44.9 Å². The zero-order valence-corrected chi connectivity index (χ0v) is 23.9. The number of benzene rings is 2. The van der Waals surface area contributed by atoms with E-state index in [-0.39, 0.29) is 0 Å². The molecule has 0 amide bonds. The third-order valence-electron chi connectivity index (χ3n) is 7.13. The molecular weight excluding hydrogens is 536 g/mol. The summed E-state index contributed by atoms with van der Waals surface area (Å²) in [7, 11) is 3.45. The van der Waals surface area contributed by atoms with Crippen molar-refractivity contribution < 1.29 is 29.3 Å². The highest BCUT2D eigenvalue weighted by atomic mass is 16.5. The van der Waals surface area contributed by atoms with Gasteiger partial charge in [-0.05, 0) is 74.2 Å². The number of aromatic amines is 2. The van der Waals surface area contributed by atoms with Crippen LogP contribution in [0.4, 0.5) is 0 Å². The number of aliphatic carboxylic acids is 2. The first-order valence-corrected chi connectivity index (χ1v) is 13.9. The highest BCUT2D eigenvalue weighted by Gasteiger charge is 2.15. The van der Waals surface area contributed by atoms with Crippen LogP contribution in [-0.2, 0) is 9.59 Å². The molecule has 0 saturated carbocycles. The van der Waals surface area contributed by atoms with Gasteiger partial charge in [-0.1, -0.05) is 24.3 Å². The molecule has 0 saturated heterocycles. The van der Waals surface area contributed by atoms with Crippen LogP contribution in [0.3, 0.4) is 0 Å². The van der Waals surface area contributed by atoms with E-state index >= 15 is 0 Å². The SMILES string of the molecule is COc1cccc2[nH]cc(C3=CCNCC3)c12.COc1cccc2[nH]cc(C3=CCNCC3)c12.O=C([O-])CCC(=O)[O-]. The number of carbonyl (C=O) groups excluding carboxylic acids is 2. The second-order valence-corrected chi connectivity index (χ2v) is 9.78. The molecule has 10 heteroatoms. The van der Waals surface area contributed by atoms with Crippen LogP contribution in [0.1, 0.15) is 36.8 Å². The minimum atomic E-state index is -1.37. The molecular formula is C32H36N4O6-2. The molecule has 2 aliphatic heterocycles. The Bertz CT molecular complexity index is 1460. The molecule has 0 fully saturated rings. The number of methoxy groups -OCH3 is 2. The number of carbonyl (C=O) groups is 2. The number of aromatic nitrogens is 2. The van der Waals surface area contributed by atoms with Crippen molar-refractivity contribution in [1.82, 2.24) is 20.6 Å². The number of H-pyrrole nitrogens is 2. The van der Waals surface area contributed by atoms with Crippen LogP contribution < -0.4 is 30.3 Å². The molecule has 0 atom stereocenters. The molecule has 0 spiro atoms. The van der Waals surface area contributed by atoms with Crippen molar-refractivity contribution in [3.8, 4) is 11.5 Å². The smallest absolute Gasteiger partial charge is 0.128 e. The van der Waals surface area contributed by atoms with Crippen molar-refractivity contribution in [2.45, 2.75) is 25.7 Å². The number of carboxylic acids is 2. The summed E-state index contributed by atoms with van der Waals surface area (Å²) in [6.07, 6.45) is 9.91. The Labute approximate surface area is 244 Å². The second kappa shape index (κ2) is 14.9. The standard InChI is InChI=1S/2C14H16N2O.C4H6O4/c2*1-17-13-4-2-3-12-14(13)11(9-16-12)10-5-7-15-8-6-10;5-3(6)1-2-4(7)8/h2*2-5,9,15-16H,6-8H2,1H3;1-2H2,(H,5,6)(H,7,8)/p-2. The lowest BCUT2D eigenvalue weighted by atomic mass is 9.99. The van der Waals surface area contributed by atoms with E-state index in [1.807, 2.05) is 24.3 Å². The van der Waals surface area contributed by atoms with Crippen molar-refractivity contribution in [1.29, 1.82) is 0 Å². The molecule has 0 aliphatic carbocycles. The van der Waals surface area contributed by atoms with E-state index < -0.39 is 24.8 Å². The third-order valence-corrected chi connectivity index (χ3v) is 7.13. The number of ether oxygens (including phenoxy) is 2. The Balaban J connectivity index is 0.000000155. The monoisotopic (exact) mass is 572 g/mol. The van der Waals surface area contributed by atoms with Gasteiger partial charge in [0, 0.05) is 70.4 Å². The Kier molecular flexibility index (Phi) is 10.8.